The smallest absolute Gasteiger partial charge is 0.322 e. The average Bonchev–Trinajstić information content (AvgIpc) is 2.87. The second-order valence-electron chi connectivity index (χ2n) is 8.43. The molecule has 1 heterocycles. The van der Waals surface area contributed by atoms with Gasteiger partial charge in [-0.3, -0.25) is 9.78 Å². The Morgan fingerprint density at radius 3 is 1.84 bits per heavy atom. The van der Waals surface area contributed by atoms with Crippen LogP contribution in [0.15, 0.2) is 103 Å². The third-order valence-electron chi connectivity index (χ3n) is 5.82. The molecule has 3 aromatic carbocycles. The first-order valence-corrected chi connectivity index (χ1v) is 11.3. The Kier molecular flexibility index (Phi) is 7.39. The molecule has 0 spiro atoms. The SMILES string of the molecule is CC(C=CC(=O)Nc1cccc2cnccc12)=C(c1ccc(C(F)(F)F)cc1)c1ccc(C(F)(F)F)cc1. The number of halogens is 6. The van der Waals surface area contributed by atoms with Crippen molar-refractivity contribution in [3.8, 4) is 0 Å². The molecule has 0 atom stereocenters. The van der Waals surface area contributed by atoms with Crippen molar-refractivity contribution in [2.24, 2.45) is 0 Å². The zero-order chi connectivity index (χ0) is 27.5. The van der Waals surface area contributed by atoms with Gasteiger partial charge in [0.15, 0.2) is 0 Å². The molecule has 0 radical (unpaired) electrons. The van der Waals surface area contributed by atoms with Gasteiger partial charge in [-0.25, -0.2) is 0 Å². The fourth-order valence-electron chi connectivity index (χ4n) is 3.96. The number of hydrogen-bond donors (Lipinski definition) is 1. The van der Waals surface area contributed by atoms with Gasteiger partial charge in [0, 0.05) is 34.9 Å². The molecule has 4 aromatic rings. The first-order valence-electron chi connectivity index (χ1n) is 11.3. The Labute approximate surface area is 214 Å². The molecular formula is C29H20F6N2O. The molecule has 0 saturated carbocycles. The summed E-state index contributed by atoms with van der Waals surface area (Å²) in [4.78, 5) is 16.7. The maximum absolute atomic E-state index is 13.1. The summed E-state index contributed by atoms with van der Waals surface area (Å²) in [7, 11) is 0. The highest BCUT2D eigenvalue weighted by atomic mass is 19.4. The maximum Gasteiger partial charge on any atom is 0.416 e. The number of fused-ring (bicyclic) bond motifs is 1. The summed E-state index contributed by atoms with van der Waals surface area (Å²) in [6.07, 6.45) is -3.10. The number of pyridine rings is 1. The van der Waals surface area contributed by atoms with Crippen LogP contribution in [-0.2, 0) is 17.1 Å². The van der Waals surface area contributed by atoms with Crippen molar-refractivity contribution in [2.75, 3.05) is 5.32 Å². The highest BCUT2D eigenvalue weighted by Crippen LogP contribution is 2.35. The third kappa shape index (κ3) is 6.11. The van der Waals surface area contributed by atoms with Gasteiger partial charge in [-0.05, 0) is 65.6 Å². The van der Waals surface area contributed by atoms with Gasteiger partial charge in [0.2, 0.25) is 5.91 Å². The molecule has 0 saturated heterocycles. The monoisotopic (exact) mass is 526 g/mol. The summed E-state index contributed by atoms with van der Waals surface area (Å²) in [5, 5.41) is 4.40. The fraction of sp³-hybridized carbons (Fsp3) is 0.103. The van der Waals surface area contributed by atoms with Crippen LogP contribution in [0.3, 0.4) is 0 Å². The quantitative estimate of drug-likeness (QED) is 0.162. The predicted molar refractivity (Wildman–Crippen MR) is 134 cm³/mol. The number of nitrogens with zero attached hydrogens (tertiary/aromatic N) is 1. The van der Waals surface area contributed by atoms with E-state index in [9.17, 15) is 31.1 Å². The van der Waals surface area contributed by atoms with Gasteiger partial charge in [0.1, 0.15) is 0 Å². The summed E-state index contributed by atoms with van der Waals surface area (Å²) in [5.74, 6) is -0.465. The summed E-state index contributed by atoms with van der Waals surface area (Å²) in [5.41, 5.74) is 0.391. The Morgan fingerprint density at radius 2 is 1.32 bits per heavy atom. The highest BCUT2D eigenvalue weighted by molar-refractivity contribution is 6.06. The van der Waals surface area contributed by atoms with Crippen LogP contribution in [0.25, 0.3) is 16.3 Å². The first kappa shape index (κ1) is 26.7. The number of nitrogens with one attached hydrogen (secondary N) is 1. The summed E-state index contributed by atoms with van der Waals surface area (Å²) >= 11 is 0. The number of benzene rings is 3. The zero-order valence-electron chi connectivity index (χ0n) is 19.9. The van der Waals surface area contributed by atoms with Crippen LogP contribution in [0.1, 0.15) is 29.2 Å². The second kappa shape index (κ2) is 10.5. The van der Waals surface area contributed by atoms with Crippen molar-refractivity contribution in [3.05, 3.63) is 125 Å². The van der Waals surface area contributed by atoms with E-state index < -0.39 is 29.4 Å². The molecule has 194 valence electrons. The largest absolute Gasteiger partial charge is 0.416 e. The lowest BCUT2D eigenvalue weighted by Crippen LogP contribution is -2.08. The van der Waals surface area contributed by atoms with E-state index >= 15 is 0 Å². The minimum Gasteiger partial charge on any atom is -0.322 e. The van der Waals surface area contributed by atoms with Crippen LogP contribution < -0.4 is 5.32 Å². The zero-order valence-corrected chi connectivity index (χ0v) is 19.9. The second-order valence-corrected chi connectivity index (χ2v) is 8.43. The number of hydrogen-bond acceptors (Lipinski definition) is 2. The molecule has 4 rings (SSSR count). The summed E-state index contributed by atoms with van der Waals surface area (Å²) in [6, 6.07) is 15.7. The van der Waals surface area contributed by atoms with Crippen molar-refractivity contribution < 1.29 is 31.1 Å². The van der Waals surface area contributed by atoms with Gasteiger partial charge in [0.05, 0.1) is 11.1 Å². The molecule has 1 aromatic heterocycles. The van der Waals surface area contributed by atoms with E-state index in [1.165, 1.54) is 36.4 Å². The lowest BCUT2D eigenvalue weighted by Gasteiger charge is -2.15. The number of anilines is 1. The summed E-state index contributed by atoms with van der Waals surface area (Å²) in [6.45, 7) is 1.62. The van der Waals surface area contributed by atoms with Crippen molar-refractivity contribution in [1.82, 2.24) is 4.98 Å². The molecule has 0 fully saturated rings. The maximum atomic E-state index is 13.1. The molecule has 0 bridgehead atoms. The summed E-state index contributed by atoms with van der Waals surface area (Å²) < 4.78 is 78.4. The minimum absolute atomic E-state index is 0.349. The van der Waals surface area contributed by atoms with Gasteiger partial charge >= 0.3 is 12.4 Å². The number of allylic oxidation sites excluding steroid dienone is 2. The van der Waals surface area contributed by atoms with E-state index in [1.54, 1.807) is 37.5 Å². The Hall–Kier alpha value is -4.40. The lowest BCUT2D eigenvalue weighted by atomic mass is 9.92. The fourth-order valence-corrected chi connectivity index (χ4v) is 3.96. The number of aromatic nitrogens is 1. The minimum atomic E-state index is -4.54. The number of alkyl halides is 6. The number of amides is 1. The Morgan fingerprint density at radius 1 is 0.763 bits per heavy atom. The molecule has 1 N–H and O–H groups in total. The van der Waals surface area contributed by atoms with Crippen LogP contribution in [0, 0.1) is 0 Å². The van der Waals surface area contributed by atoms with Crippen LogP contribution in [-0.4, -0.2) is 10.9 Å². The molecule has 1 amide bonds. The molecule has 38 heavy (non-hydrogen) atoms. The van der Waals surface area contributed by atoms with Crippen LogP contribution in [0.4, 0.5) is 32.0 Å². The molecule has 0 unspecified atom stereocenters. The molecule has 3 nitrogen and oxygen atoms in total. The van der Waals surface area contributed by atoms with Crippen molar-refractivity contribution in [3.63, 3.8) is 0 Å². The third-order valence-corrected chi connectivity index (χ3v) is 5.82. The van der Waals surface area contributed by atoms with Gasteiger partial charge in [-0.15, -0.1) is 0 Å². The molecule has 0 aliphatic rings. The van der Waals surface area contributed by atoms with E-state index in [-0.39, 0.29) is 0 Å². The molecule has 9 heteroatoms. The van der Waals surface area contributed by atoms with Crippen LogP contribution in [0.5, 0.6) is 0 Å². The number of carbonyl (C=O) groups excluding carboxylic acids is 1. The van der Waals surface area contributed by atoms with Gasteiger partial charge in [-0.2, -0.15) is 26.3 Å². The predicted octanol–water partition coefficient (Wildman–Crippen LogP) is 8.29. The Balaban J connectivity index is 1.69. The van der Waals surface area contributed by atoms with Crippen molar-refractivity contribution in [1.29, 1.82) is 0 Å². The van der Waals surface area contributed by atoms with Crippen molar-refractivity contribution >= 4 is 27.9 Å². The van der Waals surface area contributed by atoms with Crippen LogP contribution in [0.2, 0.25) is 0 Å². The van der Waals surface area contributed by atoms with E-state index in [0.29, 0.717) is 28.0 Å². The van der Waals surface area contributed by atoms with Gasteiger partial charge in [-0.1, -0.05) is 42.5 Å². The first-order chi connectivity index (χ1) is 17.9. The van der Waals surface area contributed by atoms with E-state index in [1.807, 2.05) is 6.07 Å². The standard InChI is InChI=1S/C29H20F6N2O/c1-18(5-14-26(38)37-25-4-2-3-21-17-36-16-15-24(21)25)27(19-6-10-22(11-7-19)28(30,31)32)20-8-12-23(13-9-20)29(33,34)35/h2-17H,1H3,(H,37,38). The van der Waals surface area contributed by atoms with E-state index in [2.05, 4.69) is 10.3 Å². The lowest BCUT2D eigenvalue weighted by molar-refractivity contribution is -0.138. The van der Waals surface area contributed by atoms with Crippen molar-refractivity contribution in [2.45, 2.75) is 19.3 Å². The van der Waals surface area contributed by atoms with E-state index in [0.717, 1.165) is 35.0 Å². The topological polar surface area (TPSA) is 42.0 Å². The van der Waals surface area contributed by atoms with Crippen LogP contribution >= 0.6 is 0 Å². The number of rotatable bonds is 5. The molecular weight excluding hydrogens is 506 g/mol. The molecule has 0 aliphatic carbocycles. The normalized spacial score (nSPS) is 12.1. The number of carbonyl (C=O) groups is 1. The van der Waals surface area contributed by atoms with Gasteiger partial charge in [0.25, 0.3) is 0 Å². The Bertz CT molecular complexity index is 1450. The molecule has 0 aliphatic heterocycles. The highest BCUT2D eigenvalue weighted by Gasteiger charge is 2.31. The van der Waals surface area contributed by atoms with Gasteiger partial charge < -0.3 is 5.32 Å². The average molecular weight is 526 g/mol. The van der Waals surface area contributed by atoms with E-state index in [4.69, 9.17) is 0 Å².